The molecule has 0 aliphatic heterocycles. The van der Waals surface area contributed by atoms with Crippen molar-refractivity contribution in [3.8, 4) is 0 Å². The number of rotatable bonds is 6. The van der Waals surface area contributed by atoms with Crippen LogP contribution in [0.4, 0.5) is 4.79 Å². The van der Waals surface area contributed by atoms with Crippen molar-refractivity contribution in [2.75, 3.05) is 0 Å². The van der Waals surface area contributed by atoms with Crippen LogP contribution in [0.15, 0.2) is 0 Å². The highest BCUT2D eigenvalue weighted by Gasteiger charge is 2.25. The Morgan fingerprint density at radius 1 is 1.35 bits per heavy atom. The smallest absolute Gasteiger partial charge is 0.326 e. The minimum absolute atomic E-state index is 0.0235. The molecular weight excluding hydrogens is 226 g/mol. The SMILES string of the molecule is CC[C@@H](NC(=O)NC(C)(C)CC(N)=O)C(=O)O. The molecule has 0 saturated carbocycles. The predicted octanol–water partition coefficient (Wildman–Crippen LogP) is -0.197. The maximum Gasteiger partial charge on any atom is 0.326 e. The highest BCUT2D eigenvalue weighted by atomic mass is 16.4. The normalized spacial score (nSPS) is 12.6. The number of carbonyl (C=O) groups excluding carboxylic acids is 2. The van der Waals surface area contributed by atoms with Crippen molar-refractivity contribution < 1.29 is 19.5 Å². The van der Waals surface area contributed by atoms with Gasteiger partial charge in [-0.25, -0.2) is 9.59 Å². The minimum Gasteiger partial charge on any atom is -0.480 e. The molecule has 0 aliphatic carbocycles. The standard InChI is InChI=1S/C10H19N3O4/c1-4-6(8(15)16)12-9(17)13-10(2,3)5-7(11)14/h6H,4-5H2,1-3H3,(H2,11,14)(H,15,16)(H2,12,13,17)/t6-/m1/s1. The van der Waals surface area contributed by atoms with E-state index < -0.39 is 29.5 Å². The number of amides is 3. The first-order valence-corrected chi connectivity index (χ1v) is 5.27. The Balaban J connectivity index is 4.34. The summed E-state index contributed by atoms with van der Waals surface area (Å²) in [7, 11) is 0. The third kappa shape index (κ3) is 6.39. The molecule has 7 heteroatoms. The minimum atomic E-state index is -1.10. The van der Waals surface area contributed by atoms with Crippen LogP contribution in [0.3, 0.4) is 0 Å². The second-order valence-corrected chi connectivity index (χ2v) is 4.42. The van der Waals surface area contributed by atoms with Gasteiger partial charge < -0.3 is 21.5 Å². The van der Waals surface area contributed by atoms with Crippen molar-refractivity contribution in [3.05, 3.63) is 0 Å². The molecule has 1 atom stereocenters. The number of primary amides is 1. The van der Waals surface area contributed by atoms with E-state index in [0.717, 1.165) is 0 Å². The number of nitrogens with two attached hydrogens (primary N) is 1. The molecule has 0 radical (unpaired) electrons. The second kappa shape index (κ2) is 6.07. The van der Waals surface area contributed by atoms with E-state index in [4.69, 9.17) is 10.8 Å². The number of nitrogens with one attached hydrogen (secondary N) is 2. The molecule has 17 heavy (non-hydrogen) atoms. The highest BCUT2D eigenvalue weighted by molar-refractivity contribution is 5.83. The lowest BCUT2D eigenvalue weighted by molar-refractivity contribution is -0.139. The number of urea groups is 1. The van der Waals surface area contributed by atoms with Gasteiger partial charge in [0.25, 0.3) is 0 Å². The predicted molar refractivity (Wildman–Crippen MR) is 61.3 cm³/mol. The number of carboxylic acid groups (broad SMARTS) is 1. The van der Waals surface area contributed by atoms with E-state index in [2.05, 4.69) is 10.6 Å². The Bertz CT molecular complexity index is 315. The lowest BCUT2D eigenvalue weighted by Crippen LogP contribution is -2.53. The topological polar surface area (TPSA) is 122 Å². The van der Waals surface area contributed by atoms with Crippen LogP contribution in [-0.4, -0.2) is 34.6 Å². The van der Waals surface area contributed by atoms with Crippen LogP contribution in [-0.2, 0) is 9.59 Å². The monoisotopic (exact) mass is 245 g/mol. The Morgan fingerprint density at radius 3 is 2.24 bits per heavy atom. The molecule has 0 aromatic rings. The van der Waals surface area contributed by atoms with Crippen LogP contribution in [0.25, 0.3) is 0 Å². The Kier molecular flexibility index (Phi) is 5.43. The van der Waals surface area contributed by atoms with Crippen molar-refractivity contribution in [2.24, 2.45) is 5.73 Å². The number of hydrogen-bond acceptors (Lipinski definition) is 3. The molecule has 3 amide bonds. The van der Waals surface area contributed by atoms with E-state index in [-0.39, 0.29) is 12.8 Å². The van der Waals surface area contributed by atoms with Crippen LogP contribution >= 0.6 is 0 Å². The van der Waals surface area contributed by atoms with E-state index in [1.54, 1.807) is 20.8 Å². The summed E-state index contributed by atoms with van der Waals surface area (Å²) in [4.78, 5) is 32.9. The zero-order valence-corrected chi connectivity index (χ0v) is 10.2. The summed E-state index contributed by atoms with van der Waals surface area (Å²) in [6.07, 6.45) is 0.253. The second-order valence-electron chi connectivity index (χ2n) is 4.42. The van der Waals surface area contributed by atoms with Gasteiger partial charge in [-0.05, 0) is 20.3 Å². The fourth-order valence-electron chi connectivity index (χ4n) is 1.32. The van der Waals surface area contributed by atoms with Gasteiger partial charge in [-0.2, -0.15) is 0 Å². The summed E-state index contributed by atoms with van der Waals surface area (Å²) in [6.45, 7) is 4.89. The molecule has 0 aromatic heterocycles. The number of carbonyl (C=O) groups is 3. The number of aliphatic carboxylic acids is 1. The van der Waals surface area contributed by atoms with Crippen molar-refractivity contribution >= 4 is 17.9 Å². The van der Waals surface area contributed by atoms with Crippen molar-refractivity contribution in [2.45, 2.75) is 45.2 Å². The number of carboxylic acids is 1. The highest BCUT2D eigenvalue weighted by Crippen LogP contribution is 2.07. The van der Waals surface area contributed by atoms with Crippen molar-refractivity contribution in [1.82, 2.24) is 10.6 Å². The molecule has 0 unspecified atom stereocenters. The summed E-state index contributed by atoms with van der Waals surface area (Å²) >= 11 is 0. The summed E-state index contributed by atoms with van der Waals surface area (Å²) in [5.41, 5.74) is 4.21. The van der Waals surface area contributed by atoms with Gasteiger partial charge in [0.2, 0.25) is 5.91 Å². The van der Waals surface area contributed by atoms with Gasteiger partial charge >= 0.3 is 12.0 Å². The maximum atomic E-state index is 11.5. The third-order valence-electron chi connectivity index (χ3n) is 2.08. The van der Waals surface area contributed by atoms with E-state index >= 15 is 0 Å². The van der Waals surface area contributed by atoms with Crippen molar-refractivity contribution in [3.63, 3.8) is 0 Å². The quantitative estimate of drug-likeness (QED) is 0.517. The summed E-state index contributed by atoms with van der Waals surface area (Å²) in [5.74, 6) is -1.64. The molecule has 0 heterocycles. The summed E-state index contributed by atoms with van der Waals surface area (Å²) in [6, 6.07) is -1.58. The Morgan fingerprint density at radius 2 is 1.88 bits per heavy atom. The lowest BCUT2D eigenvalue weighted by atomic mass is 10.0. The number of hydrogen-bond donors (Lipinski definition) is 4. The van der Waals surface area contributed by atoms with Gasteiger partial charge in [-0.15, -0.1) is 0 Å². The van der Waals surface area contributed by atoms with E-state index in [9.17, 15) is 14.4 Å². The van der Waals surface area contributed by atoms with E-state index in [1.807, 2.05) is 0 Å². The molecule has 0 bridgehead atoms. The Labute approximate surface area is 99.7 Å². The molecule has 0 aromatic carbocycles. The first-order chi connectivity index (χ1) is 7.68. The summed E-state index contributed by atoms with van der Waals surface area (Å²) < 4.78 is 0. The average molecular weight is 245 g/mol. The Hall–Kier alpha value is -1.79. The lowest BCUT2D eigenvalue weighted by Gasteiger charge is -2.25. The third-order valence-corrected chi connectivity index (χ3v) is 2.08. The van der Waals surface area contributed by atoms with Gasteiger partial charge in [0.05, 0.1) is 0 Å². The zero-order valence-electron chi connectivity index (χ0n) is 10.2. The fourth-order valence-corrected chi connectivity index (χ4v) is 1.32. The maximum absolute atomic E-state index is 11.5. The van der Waals surface area contributed by atoms with Gasteiger partial charge in [0.1, 0.15) is 6.04 Å². The molecule has 0 fully saturated rings. The van der Waals surface area contributed by atoms with Crippen LogP contribution in [0.1, 0.15) is 33.6 Å². The molecule has 5 N–H and O–H groups in total. The van der Waals surface area contributed by atoms with Crippen LogP contribution in [0.2, 0.25) is 0 Å². The van der Waals surface area contributed by atoms with E-state index in [0.29, 0.717) is 0 Å². The van der Waals surface area contributed by atoms with Crippen LogP contribution < -0.4 is 16.4 Å². The molecular formula is C10H19N3O4. The first-order valence-electron chi connectivity index (χ1n) is 5.27. The first kappa shape index (κ1) is 15.2. The molecule has 0 spiro atoms. The van der Waals surface area contributed by atoms with Crippen molar-refractivity contribution in [1.29, 1.82) is 0 Å². The van der Waals surface area contributed by atoms with Gasteiger partial charge in [0, 0.05) is 12.0 Å². The molecule has 98 valence electrons. The molecule has 7 nitrogen and oxygen atoms in total. The fraction of sp³-hybridized carbons (Fsp3) is 0.700. The van der Waals surface area contributed by atoms with Crippen LogP contribution in [0, 0.1) is 0 Å². The molecule has 0 rings (SSSR count). The largest absolute Gasteiger partial charge is 0.480 e. The van der Waals surface area contributed by atoms with Gasteiger partial charge in [-0.3, -0.25) is 4.79 Å². The average Bonchev–Trinajstić information content (AvgIpc) is 2.10. The van der Waals surface area contributed by atoms with E-state index in [1.165, 1.54) is 0 Å². The van der Waals surface area contributed by atoms with Gasteiger partial charge in [-0.1, -0.05) is 6.92 Å². The summed E-state index contributed by atoms with van der Waals surface area (Å²) in [5, 5.41) is 13.5. The molecule has 0 aliphatic rings. The zero-order chi connectivity index (χ0) is 13.6. The van der Waals surface area contributed by atoms with Crippen LogP contribution in [0.5, 0.6) is 0 Å². The van der Waals surface area contributed by atoms with Gasteiger partial charge in [0.15, 0.2) is 0 Å². The molecule has 0 saturated heterocycles.